The van der Waals surface area contributed by atoms with Gasteiger partial charge in [-0.25, -0.2) is 0 Å². The van der Waals surface area contributed by atoms with E-state index in [1.54, 1.807) is 33.5 Å². The van der Waals surface area contributed by atoms with Crippen molar-refractivity contribution in [1.29, 1.82) is 0 Å². The fraction of sp³-hybridized carbons (Fsp3) is 0.632. The summed E-state index contributed by atoms with van der Waals surface area (Å²) in [5.74, 6) is 1.56. The highest BCUT2D eigenvalue weighted by Gasteiger charge is 2.62. The van der Waals surface area contributed by atoms with Crippen LogP contribution < -0.4 is 25.3 Å². The highest BCUT2D eigenvalue weighted by Crippen LogP contribution is 2.50. The van der Waals surface area contributed by atoms with Crippen LogP contribution in [0, 0.1) is 5.41 Å². The lowest BCUT2D eigenvalue weighted by Gasteiger charge is -2.57. The molecule has 0 heterocycles. The monoisotopic (exact) mass is 366 g/mol. The van der Waals surface area contributed by atoms with Gasteiger partial charge in [-0.05, 0) is 6.92 Å². The first kappa shape index (κ1) is 20.3. The Labute approximate surface area is 155 Å². The Morgan fingerprint density at radius 3 is 2.19 bits per heavy atom. The third-order valence-electron chi connectivity index (χ3n) is 5.48. The van der Waals surface area contributed by atoms with Gasteiger partial charge in [0.05, 0.1) is 39.5 Å². The molecule has 0 bridgehead atoms. The van der Waals surface area contributed by atoms with Crippen molar-refractivity contribution in [3.05, 3.63) is 17.7 Å². The van der Waals surface area contributed by atoms with E-state index in [1.807, 2.05) is 20.8 Å². The Bertz CT molecular complexity index is 636. The lowest BCUT2D eigenvalue weighted by atomic mass is 9.54. The molecule has 0 aliphatic heterocycles. The summed E-state index contributed by atoms with van der Waals surface area (Å²) in [5.41, 5.74) is 5.73. The van der Waals surface area contributed by atoms with Crippen molar-refractivity contribution in [3.8, 4) is 17.2 Å². The van der Waals surface area contributed by atoms with Gasteiger partial charge >= 0.3 is 0 Å². The molecule has 146 valence electrons. The second-order valence-corrected chi connectivity index (χ2v) is 7.03. The summed E-state index contributed by atoms with van der Waals surface area (Å²) in [6.07, 6.45) is 0.476. The standard InChI is InChI=1S/C19H30N2O5/c1-7-26-16-10-19(20,18(16,2)3)17(22)21-11-13-14(24-5)8-12(23-4)9-15(13)25-6/h8-9,16H,7,10-11,20H2,1-6H3,(H,21,22). The molecule has 0 spiro atoms. The first-order chi connectivity index (χ1) is 12.2. The topological polar surface area (TPSA) is 92.0 Å². The maximum absolute atomic E-state index is 12.8. The summed E-state index contributed by atoms with van der Waals surface area (Å²) in [7, 11) is 4.69. The Kier molecular flexibility index (Phi) is 6.03. The number of hydrogen-bond donors (Lipinski definition) is 2. The third-order valence-corrected chi connectivity index (χ3v) is 5.48. The van der Waals surface area contributed by atoms with E-state index in [-0.39, 0.29) is 18.6 Å². The van der Waals surface area contributed by atoms with Gasteiger partial charge in [-0.3, -0.25) is 4.79 Å². The highest BCUT2D eigenvalue weighted by molar-refractivity contribution is 5.88. The number of amides is 1. The Morgan fingerprint density at radius 2 is 1.77 bits per heavy atom. The maximum Gasteiger partial charge on any atom is 0.241 e. The summed E-state index contributed by atoms with van der Waals surface area (Å²) in [6, 6.07) is 3.50. The molecule has 1 aliphatic carbocycles. The molecule has 1 amide bonds. The molecule has 1 aromatic carbocycles. The second-order valence-electron chi connectivity index (χ2n) is 7.03. The third kappa shape index (κ3) is 3.33. The predicted octanol–water partition coefficient (Wildman–Crippen LogP) is 1.86. The van der Waals surface area contributed by atoms with Crippen molar-refractivity contribution in [2.24, 2.45) is 11.1 Å². The van der Waals surface area contributed by atoms with Gasteiger partial charge in [0.15, 0.2) is 0 Å². The zero-order chi connectivity index (χ0) is 19.5. The molecule has 1 aliphatic rings. The Balaban J connectivity index is 2.15. The zero-order valence-electron chi connectivity index (χ0n) is 16.5. The summed E-state index contributed by atoms with van der Waals surface area (Å²) in [4.78, 5) is 12.8. The van der Waals surface area contributed by atoms with Gasteiger partial charge in [0.25, 0.3) is 0 Å². The summed E-state index contributed by atoms with van der Waals surface area (Å²) < 4.78 is 21.8. The molecular weight excluding hydrogens is 336 g/mol. The molecule has 1 saturated carbocycles. The quantitative estimate of drug-likeness (QED) is 0.730. The van der Waals surface area contributed by atoms with Gasteiger partial charge in [-0.15, -0.1) is 0 Å². The van der Waals surface area contributed by atoms with Crippen LogP contribution in [0.5, 0.6) is 17.2 Å². The average Bonchev–Trinajstić information content (AvgIpc) is 2.64. The Morgan fingerprint density at radius 1 is 1.19 bits per heavy atom. The largest absolute Gasteiger partial charge is 0.496 e. The van der Waals surface area contributed by atoms with Crippen LogP contribution in [-0.2, 0) is 16.1 Å². The van der Waals surface area contributed by atoms with E-state index in [2.05, 4.69) is 5.32 Å². The van der Waals surface area contributed by atoms with E-state index in [0.29, 0.717) is 30.3 Å². The van der Waals surface area contributed by atoms with E-state index >= 15 is 0 Å². The minimum absolute atomic E-state index is 0.0201. The fourth-order valence-corrected chi connectivity index (χ4v) is 3.40. The van der Waals surface area contributed by atoms with Crippen LogP contribution in [0.25, 0.3) is 0 Å². The summed E-state index contributed by atoms with van der Waals surface area (Å²) in [6.45, 7) is 6.71. The van der Waals surface area contributed by atoms with Crippen LogP contribution in [0.15, 0.2) is 12.1 Å². The van der Waals surface area contributed by atoms with Crippen LogP contribution in [0.1, 0.15) is 32.8 Å². The molecule has 3 N–H and O–H groups in total. The molecule has 2 rings (SSSR count). The second kappa shape index (κ2) is 7.72. The number of hydrogen-bond acceptors (Lipinski definition) is 6. The van der Waals surface area contributed by atoms with Gasteiger partial charge in [0.2, 0.25) is 5.91 Å². The first-order valence-electron chi connectivity index (χ1n) is 8.72. The average molecular weight is 366 g/mol. The fourth-order valence-electron chi connectivity index (χ4n) is 3.40. The minimum atomic E-state index is -0.972. The lowest BCUT2D eigenvalue weighted by molar-refractivity contribution is -0.170. The molecule has 2 atom stereocenters. The molecule has 0 aromatic heterocycles. The van der Waals surface area contributed by atoms with Gasteiger partial charge in [0, 0.05) is 30.6 Å². The number of ether oxygens (including phenoxy) is 4. The number of methoxy groups -OCH3 is 3. The number of carbonyl (C=O) groups excluding carboxylic acids is 1. The molecular formula is C19H30N2O5. The predicted molar refractivity (Wildman–Crippen MR) is 98.7 cm³/mol. The van der Waals surface area contributed by atoms with Gasteiger partial charge in [-0.1, -0.05) is 13.8 Å². The molecule has 0 radical (unpaired) electrons. The van der Waals surface area contributed by atoms with Gasteiger partial charge < -0.3 is 30.0 Å². The number of nitrogens with one attached hydrogen (secondary N) is 1. The SMILES string of the molecule is CCOC1CC(N)(C(=O)NCc2c(OC)cc(OC)cc2OC)C1(C)C. The van der Waals surface area contributed by atoms with Crippen molar-refractivity contribution in [3.63, 3.8) is 0 Å². The van der Waals surface area contributed by atoms with E-state index in [4.69, 9.17) is 24.7 Å². The molecule has 2 unspecified atom stereocenters. The smallest absolute Gasteiger partial charge is 0.241 e. The van der Waals surface area contributed by atoms with Crippen LogP contribution in [0.4, 0.5) is 0 Å². The van der Waals surface area contributed by atoms with E-state index in [0.717, 1.165) is 5.56 Å². The molecule has 0 saturated heterocycles. The maximum atomic E-state index is 12.8. The van der Waals surface area contributed by atoms with Crippen LogP contribution in [0.3, 0.4) is 0 Å². The van der Waals surface area contributed by atoms with Crippen molar-refractivity contribution >= 4 is 5.91 Å². The van der Waals surface area contributed by atoms with Crippen molar-refractivity contribution in [2.45, 2.75) is 45.4 Å². The normalized spacial score (nSPS) is 23.7. The van der Waals surface area contributed by atoms with Crippen molar-refractivity contribution < 1.29 is 23.7 Å². The van der Waals surface area contributed by atoms with Crippen molar-refractivity contribution in [1.82, 2.24) is 5.32 Å². The zero-order valence-corrected chi connectivity index (χ0v) is 16.5. The van der Waals surface area contributed by atoms with E-state index in [9.17, 15) is 4.79 Å². The first-order valence-corrected chi connectivity index (χ1v) is 8.72. The van der Waals surface area contributed by atoms with Gasteiger partial charge in [-0.2, -0.15) is 0 Å². The summed E-state index contributed by atoms with van der Waals surface area (Å²) in [5, 5.41) is 2.93. The highest BCUT2D eigenvalue weighted by atomic mass is 16.5. The lowest BCUT2D eigenvalue weighted by Crippen LogP contribution is -2.75. The van der Waals surface area contributed by atoms with Crippen LogP contribution >= 0.6 is 0 Å². The van der Waals surface area contributed by atoms with Crippen LogP contribution in [0.2, 0.25) is 0 Å². The van der Waals surface area contributed by atoms with Crippen molar-refractivity contribution in [2.75, 3.05) is 27.9 Å². The molecule has 1 aromatic rings. The van der Waals surface area contributed by atoms with Crippen LogP contribution in [-0.4, -0.2) is 45.5 Å². The summed E-state index contributed by atoms with van der Waals surface area (Å²) >= 11 is 0. The van der Waals surface area contributed by atoms with E-state index < -0.39 is 11.0 Å². The van der Waals surface area contributed by atoms with E-state index in [1.165, 1.54) is 0 Å². The number of benzene rings is 1. The molecule has 1 fully saturated rings. The molecule has 7 heteroatoms. The number of rotatable bonds is 8. The molecule has 26 heavy (non-hydrogen) atoms. The minimum Gasteiger partial charge on any atom is -0.496 e. The number of carbonyl (C=O) groups is 1. The Hall–Kier alpha value is -1.99. The molecule has 7 nitrogen and oxygen atoms in total. The number of nitrogens with two attached hydrogens (primary N) is 1. The van der Waals surface area contributed by atoms with Gasteiger partial charge in [0.1, 0.15) is 22.8 Å².